The Kier molecular flexibility index (Phi) is 7.82. The predicted octanol–water partition coefficient (Wildman–Crippen LogP) is 5.06. The van der Waals surface area contributed by atoms with Crippen molar-refractivity contribution in [2.24, 2.45) is 11.3 Å². The molecule has 0 spiro atoms. The molecule has 2 aromatic carbocycles. The van der Waals surface area contributed by atoms with Gasteiger partial charge in [0, 0.05) is 49.9 Å². The van der Waals surface area contributed by atoms with Crippen molar-refractivity contribution in [2.75, 3.05) is 24.3 Å². The van der Waals surface area contributed by atoms with Crippen LogP contribution >= 0.6 is 0 Å². The number of carbonyl (C=O) groups excluding carboxylic acids is 2. The van der Waals surface area contributed by atoms with Crippen LogP contribution in [-0.4, -0.2) is 30.8 Å². The van der Waals surface area contributed by atoms with Crippen molar-refractivity contribution < 1.29 is 14.0 Å². The first-order chi connectivity index (χ1) is 14.4. The van der Waals surface area contributed by atoms with Gasteiger partial charge in [-0.2, -0.15) is 0 Å². The number of carbonyl (C=O) groups is 2. The molecule has 5 nitrogen and oxygen atoms in total. The van der Waals surface area contributed by atoms with E-state index in [4.69, 9.17) is 0 Å². The summed E-state index contributed by atoms with van der Waals surface area (Å²) in [7, 11) is 3.89. The van der Waals surface area contributed by atoms with Gasteiger partial charge < -0.3 is 15.1 Å². The number of nitrogens with zero attached hydrogens (tertiary/aromatic N) is 2. The average molecular weight is 428 g/mol. The third-order valence-electron chi connectivity index (χ3n) is 4.93. The SMILES string of the molecule is CC(C)C(=O)Nc1ccc(N(C)C)c(CN(Cc2ccc(F)cc2)C(=O)C(C)(C)C)c1. The van der Waals surface area contributed by atoms with Crippen LogP contribution in [0.15, 0.2) is 42.5 Å². The number of hydrogen-bond donors (Lipinski definition) is 1. The molecule has 0 aliphatic heterocycles. The van der Waals surface area contributed by atoms with Crippen molar-refractivity contribution in [3.63, 3.8) is 0 Å². The Hall–Kier alpha value is -2.89. The van der Waals surface area contributed by atoms with E-state index in [1.807, 2.05) is 71.8 Å². The number of amides is 2. The van der Waals surface area contributed by atoms with Gasteiger partial charge >= 0.3 is 0 Å². The van der Waals surface area contributed by atoms with Crippen molar-refractivity contribution in [3.05, 3.63) is 59.4 Å². The summed E-state index contributed by atoms with van der Waals surface area (Å²) in [5, 5.41) is 2.93. The Labute approximate surface area is 185 Å². The van der Waals surface area contributed by atoms with Crippen molar-refractivity contribution in [2.45, 2.75) is 47.7 Å². The topological polar surface area (TPSA) is 52.7 Å². The molecule has 6 heteroatoms. The normalized spacial score (nSPS) is 11.4. The van der Waals surface area contributed by atoms with E-state index in [1.165, 1.54) is 12.1 Å². The van der Waals surface area contributed by atoms with Crippen LogP contribution in [0.2, 0.25) is 0 Å². The standard InChI is InChI=1S/C25H34FN3O2/c1-17(2)23(30)27-21-12-13-22(28(6)7)19(14-21)16-29(24(31)25(3,4)5)15-18-8-10-20(26)11-9-18/h8-14,17H,15-16H2,1-7H3,(H,27,30). The second-order valence-corrected chi connectivity index (χ2v) is 9.42. The van der Waals surface area contributed by atoms with E-state index < -0.39 is 5.41 Å². The number of nitrogens with one attached hydrogen (secondary N) is 1. The minimum Gasteiger partial charge on any atom is -0.377 e. The third-order valence-corrected chi connectivity index (χ3v) is 4.93. The zero-order chi connectivity index (χ0) is 23.3. The highest BCUT2D eigenvalue weighted by Gasteiger charge is 2.28. The molecule has 0 aromatic heterocycles. The molecule has 0 atom stereocenters. The summed E-state index contributed by atoms with van der Waals surface area (Å²) in [6.45, 7) is 10.1. The summed E-state index contributed by atoms with van der Waals surface area (Å²) >= 11 is 0. The van der Waals surface area contributed by atoms with E-state index in [9.17, 15) is 14.0 Å². The van der Waals surface area contributed by atoms with Gasteiger partial charge in [0.25, 0.3) is 0 Å². The van der Waals surface area contributed by atoms with E-state index in [2.05, 4.69) is 5.32 Å². The number of rotatable bonds is 7. The summed E-state index contributed by atoms with van der Waals surface area (Å²) in [4.78, 5) is 29.2. The molecule has 0 aliphatic rings. The van der Waals surface area contributed by atoms with Crippen LogP contribution in [-0.2, 0) is 22.7 Å². The molecule has 31 heavy (non-hydrogen) atoms. The van der Waals surface area contributed by atoms with Gasteiger partial charge in [-0.05, 0) is 41.5 Å². The first kappa shape index (κ1) is 24.4. The minimum absolute atomic E-state index is 0.00171. The lowest BCUT2D eigenvalue weighted by Gasteiger charge is -2.31. The molecule has 0 fully saturated rings. The van der Waals surface area contributed by atoms with Gasteiger partial charge in [0.15, 0.2) is 0 Å². The van der Waals surface area contributed by atoms with Crippen LogP contribution in [0.1, 0.15) is 45.7 Å². The van der Waals surface area contributed by atoms with Crippen LogP contribution in [0, 0.1) is 17.2 Å². The quantitative estimate of drug-likeness (QED) is 0.672. The van der Waals surface area contributed by atoms with Crippen LogP contribution in [0.25, 0.3) is 0 Å². The number of halogens is 1. The molecule has 0 unspecified atom stereocenters. The molecular formula is C25H34FN3O2. The lowest BCUT2D eigenvalue weighted by atomic mass is 9.94. The van der Waals surface area contributed by atoms with Gasteiger partial charge in [0.2, 0.25) is 11.8 Å². The molecule has 0 heterocycles. The second kappa shape index (κ2) is 9.94. The van der Waals surface area contributed by atoms with Crippen LogP contribution < -0.4 is 10.2 Å². The van der Waals surface area contributed by atoms with Gasteiger partial charge in [0.05, 0.1) is 0 Å². The highest BCUT2D eigenvalue weighted by atomic mass is 19.1. The maximum atomic E-state index is 13.3. The third kappa shape index (κ3) is 6.81. The molecule has 168 valence electrons. The van der Waals surface area contributed by atoms with Gasteiger partial charge in [0.1, 0.15) is 5.82 Å². The molecular weight excluding hydrogens is 393 g/mol. The fourth-order valence-electron chi connectivity index (χ4n) is 3.20. The fraction of sp³-hybridized carbons (Fsp3) is 0.440. The summed E-state index contributed by atoms with van der Waals surface area (Å²) < 4.78 is 13.3. The summed E-state index contributed by atoms with van der Waals surface area (Å²) in [6, 6.07) is 11.9. The molecule has 2 rings (SSSR count). The Morgan fingerprint density at radius 3 is 2.13 bits per heavy atom. The number of anilines is 2. The fourth-order valence-corrected chi connectivity index (χ4v) is 3.20. The summed E-state index contributed by atoms with van der Waals surface area (Å²) in [5.41, 5.74) is 2.88. The average Bonchev–Trinajstić information content (AvgIpc) is 2.67. The van der Waals surface area contributed by atoms with Gasteiger partial charge in [-0.1, -0.05) is 46.8 Å². The smallest absolute Gasteiger partial charge is 0.228 e. The highest BCUT2D eigenvalue weighted by Crippen LogP contribution is 2.28. The lowest BCUT2D eigenvalue weighted by Crippen LogP contribution is -2.39. The zero-order valence-electron chi connectivity index (χ0n) is 19.6. The Bertz CT molecular complexity index is 915. The van der Waals surface area contributed by atoms with Crippen LogP contribution in [0.4, 0.5) is 15.8 Å². The molecule has 1 N–H and O–H groups in total. The van der Waals surface area contributed by atoms with E-state index in [1.54, 1.807) is 17.0 Å². The van der Waals surface area contributed by atoms with Gasteiger partial charge in [-0.3, -0.25) is 9.59 Å². The largest absolute Gasteiger partial charge is 0.377 e. The molecule has 0 saturated heterocycles. The van der Waals surface area contributed by atoms with Crippen molar-refractivity contribution in [1.82, 2.24) is 4.90 Å². The maximum absolute atomic E-state index is 13.3. The van der Waals surface area contributed by atoms with Gasteiger partial charge in [-0.15, -0.1) is 0 Å². The predicted molar refractivity (Wildman–Crippen MR) is 124 cm³/mol. The van der Waals surface area contributed by atoms with E-state index >= 15 is 0 Å². The van der Waals surface area contributed by atoms with Crippen molar-refractivity contribution in [1.29, 1.82) is 0 Å². The number of benzene rings is 2. The van der Waals surface area contributed by atoms with E-state index in [0.29, 0.717) is 18.8 Å². The molecule has 2 aromatic rings. The van der Waals surface area contributed by atoms with E-state index in [-0.39, 0.29) is 23.5 Å². The van der Waals surface area contributed by atoms with Crippen LogP contribution in [0.5, 0.6) is 0 Å². The van der Waals surface area contributed by atoms with Gasteiger partial charge in [-0.25, -0.2) is 4.39 Å². The second-order valence-electron chi connectivity index (χ2n) is 9.42. The molecule has 0 aliphatic carbocycles. The maximum Gasteiger partial charge on any atom is 0.228 e. The Morgan fingerprint density at radius 1 is 1.00 bits per heavy atom. The van der Waals surface area contributed by atoms with Crippen molar-refractivity contribution in [3.8, 4) is 0 Å². The molecule has 0 saturated carbocycles. The summed E-state index contributed by atoms with van der Waals surface area (Å²) in [5.74, 6) is -0.494. The monoisotopic (exact) mass is 427 g/mol. The Balaban J connectivity index is 2.41. The first-order valence-electron chi connectivity index (χ1n) is 10.5. The van der Waals surface area contributed by atoms with E-state index in [0.717, 1.165) is 16.8 Å². The molecule has 0 bridgehead atoms. The number of hydrogen-bond acceptors (Lipinski definition) is 3. The first-order valence-corrected chi connectivity index (χ1v) is 10.5. The van der Waals surface area contributed by atoms with Crippen molar-refractivity contribution >= 4 is 23.2 Å². The zero-order valence-corrected chi connectivity index (χ0v) is 19.6. The molecule has 0 radical (unpaired) electrons. The Morgan fingerprint density at radius 2 is 1.61 bits per heavy atom. The molecule has 2 amide bonds. The van der Waals surface area contributed by atoms with Crippen LogP contribution in [0.3, 0.4) is 0 Å². The summed E-state index contributed by atoms with van der Waals surface area (Å²) in [6.07, 6.45) is 0. The minimum atomic E-state index is -0.568. The highest BCUT2D eigenvalue weighted by molar-refractivity contribution is 5.92. The lowest BCUT2D eigenvalue weighted by molar-refractivity contribution is -0.140.